The number of hydrogen-bond donors (Lipinski definition) is 0. The highest BCUT2D eigenvalue weighted by molar-refractivity contribution is 5.94. The topological polar surface area (TPSA) is 49.4 Å². The van der Waals surface area contributed by atoms with Gasteiger partial charge in [0.15, 0.2) is 0 Å². The molecule has 0 aliphatic heterocycles. The lowest BCUT2D eigenvalue weighted by molar-refractivity contribution is -0.255. The van der Waals surface area contributed by atoms with Gasteiger partial charge in [0.05, 0.1) is 13.1 Å². The lowest BCUT2D eigenvalue weighted by Gasteiger charge is -2.24. The molecule has 3 nitrogen and oxygen atoms in total. The zero-order valence-electron chi connectivity index (χ0n) is 10.1. The minimum Gasteiger partial charge on any atom is -0.545 e. The van der Waals surface area contributed by atoms with Gasteiger partial charge >= 0.3 is 0 Å². The number of carbonyl (C=O) groups is 1. The van der Waals surface area contributed by atoms with E-state index in [1.54, 1.807) is 19.2 Å². The Morgan fingerprint density at radius 1 is 1.41 bits per heavy atom. The molecule has 17 heavy (non-hydrogen) atoms. The summed E-state index contributed by atoms with van der Waals surface area (Å²) in [6, 6.07) is 3.28. The van der Waals surface area contributed by atoms with Gasteiger partial charge < -0.3 is 14.6 Å². The van der Waals surface area contributed by atoms with Crippen molar-refractivity contribution < 1.29 is 14.6 Å². The zero-order chi connectivity index (χ0) is 12.4. The van der Waals surface area contributed by atoms with Crippen LogP contribution in [0.25, 0.3) is 5.57 Å². The summed E-state index contributed by atoms with van der Waals surface area (Å²) in [4.78, 5) is 11.2. The van der Waals surface area contributed by atoms with Crippen molar-refractivity contribution in [3.8, 4) is 5.75 Å². The number of carbonyl (C=O) groups excluding carboxylic acids is 1. The maximum Gasteiger partial charge on any atom is 0.122 e. The summed E-state index contributed by atoms with van der Waals surface area (Å²) in [6.45, 7) is 1.93. The summed E-state index contributed by atoms with van der Waals surface area (Å²) >= 11 is 0. The van der Waals surface area contributed by atoms with Gasteiger partial charge in [-0.15, -0.1) is 0 Å². The van der Waals surface area contributed by atoms with Gasteiger partial charge in [-0.2, -0.15) is 0 Å². The fourth-order valence-corrected chi connectivity index (χ4v) is 2.47. The minimum atomic E-state index is -1.12. The van der Waals surface area contributed by atoms with Gasteiger partial charge in [-0.05, 0) is 49.5 Å². The average molecular weight is 231 g/mol. The van der Waals surface area contributed by atoms with E-state index in [9.17, 15) is 9.90 Å². The molecule has 0 radical (unpaired) electrons. The number of aromatic carboxylic acids is 1. The van der Waals surface area contributed by atoms with E-state index in [4.69, 9.17) is 4.74 Å². The Bertz CT molecular complexity index is 486. The van der Waals surface area contributed by atoms with E-state index in [1.165, 1.54) is 0 Å². The number of rotatable bonds is 2. The van der Waals surface area contributed by atoms with Crippen molar-refractivity contribution in [2.75, 3.05) is 7.11 Å². The molecule has 0 fully saturated rings. The van der Waals surface area contributed by atoms with Gasteiger partial charge in [0.25, 0.3) is 0 Å². The Kier molecular flexibility index (Phi) is 3.18. The van der Waals surface area contributed by atoms with Crippen LogP contribution < -0.4 is 9.84 Å². The predicted octanol–water partition coefficient (Wildman–Crippen LogP) is 1.80. The number of fused-ring (bicyclic) bond motifs is 1. The number of carboxylic acids is 1. The summed E-state index contributed by atoms with van der Waals surface area (Å²) in [7, 11) is 1.61. The molecule has 0 amide bonds. The van der Waals surface area contributed by atoms with Crippen molar-refractivity contribution in [1.29, 1.82) is 0 Å². The molecule has 0 spiro atoms. The van der Waals surface area contributed by atoms with E-state index >= 15 is 0 Å². The Morgan fingerprint density at radius 2 is 2.18 bits per heavy atom. The highest BCUT2D eigenvalue weighted by atomic mass is 16.5. The number of carboxylic acid groups (broad SMARTS) is 1. The summed E-state index contributed by atoms with van der Waals surface area (Å²) in [5, 5.41) is 11.2. The van der Waals surface area contributed by atoms with Crippen LogP contribution in [-0.2, 0) is 6.42 Å². The minimum absolute atomic E-state index is 0.272. The molecule has 0 aromatic heterocycles. The Labute approximate surface area is 101 Å². The van der Waals surface area contributed by atoms with Crippen LogP contribution in [0.4, 0.5) is 0 Å². The Hall–Kier alpha value is -1.77. The van der Waals surface area contributed by atoms with Crippen LogP contribution in [0.1, 0.15) is 41.3 Å². The molecule has 0 saturated carbocycles. The number of allylic oxidation sites excluding steroid dienone is 2. The lowest BCUT2D eigenvalue weighted by atomic mass is 9.83. The average Bonchev–Trinajstić information content (AvgIpc) is 2.36. The van der Waals surface area contributed by atoms with Gasteiger partial charge in [0.2, 0.25) is 0 Å². The van der Waals surface area contributed by atoms with Crippen LogP contribution in [0.5, 0.6) is 5.75 Å². The van der Waals surface area contributed by atoms with Crippen molar-refractivity contribution in [2.45, 2.75) is 26.2 Å². The first-order chi connectivity index (χ1) is 8.19. The largest absolute Gasteiger partial charge is 0.545 e. The third kappa shape index (κ3) is 1.93. The molecule has 0 atom stereocenters. The zero-order valence-corrected chi connectivity index (χ0v) is 10.1. The van der Waals surface area contributed by atoms with Crippen LogP contribution in [0, 0.1) is 0 Å². The van der Waals surface area contributed by atoms with Crippen LogP contribution >= 0.6 is 0 Å². The van der Waals surface area contributed by atoms with E-state index in [1.807, 2.05) is 13.0 Å². The summed E-state index contributed by atoms with van der Waals surface area (Å²) in [5.74, 6) is -0.353. The quantitative estimate of drug-likeness (QED) is 0.779. The molecule has 1 aromatic carbocycles. The maximum absolute atomic E-state index is 11.2. The molecule has 0 saturated heterocycles. The normalized spacial score (nSPS) is 16.7. The third-order valence-electron chi connectivity index (χ3n) is 3.25. The second-order valence-corrected chi connectivity index (χ2v) is 4.12. The number of methoxy groups -OCH3 is 1. The second-order valence-electron chi connectivity index (χ2n) is 4.12. The molecule has 0 N–H and O–H groups in total. The fraction of sp³-hybridized carbons (Fsp3) is 0.357. The van der Waals surface area contributed by atoms with Gasteiger partial charge in [-0.1, -0.05) is 6.08 Å². The third-order valence-corrected chi connectivity index (χ3v) is 3.25. The van der Waals surface area contributed by atoms with E-state index in [0.717, 1.165) is 41.7 Å². The highest BCUT2D eigenvalue weighted by Gasteiger charge is 2.21. The Balaban J connectivity index is 2.71. The Morgan fingerprint density at radius 3 is 2.76 bits per heavy atom. The first kappa shape index (κ1) is 11.7. The summed E-state index contributed by atoms with van der Waals surface area (Å²) < 4.78 is 5.30. The lowest BCUT2D eigenvalue weighted by Crippen LogP contribution is -2.25. The molecular formula is C14H15O3-. The second kappa shape index (κ2) is 4.62. The maximum atomic E-state index is 11.2. The SMILES string of the molecule is C/C=C1\CCCc2c(OC)ccc(C(=O)[O-])c21. The monoisotopic (exact) mass is 231 g/mol. The fourth-order valence-electron chi connectivity index (χ4n) is 2.47. The van der Waals surface area contributed by atoms with E-state index in [-0.39, 0.29) is 5.56 Å². The van der Waals surface area contributed by atoms with Gasteiger partial charge in [0.1, 0.15) is 5.75 Å². The smallest absolute Gasteiger partial charge is 0.122 e. The van der Waals surface area contributed by atoms with Crippen molar-refractivity contribution in [1.82, 2.24) is 0 Å². The van der Waals surface area contributed by atoms with Gasteiger partial charge in [-0.25, -0.2) is 0 Å². The molecular weight excluding hydrogens is 216 g/mol. The number of benzene rings is 1. The van der Waals surface area contributed by atoms with Crippen LogP contribution in [0.15, 0.2) is 18.2 Å². The molecule has 1 aromatic rings. The molecule has 1 aliphatic carbocycles. The molecule has 1 aliphatic rings. The first-order valence-electron chi connectivity index (χ1n) is 5.75. The van der Waals surface area contributed by atoms with E-state index < -0.39 is 5.97 Å². The van der Waals surface area contributed by atoms with Crippen LogP contribution in [0.3, 0.4) is 0 Å². The number of hydrogen-bond acceptors (Lipinski definition) is 3. The highest BCUT2D eigenvalue weighted by Crippen LogP contribution is 2.38. The summed E-state index contributed by atoms with van der Waals surface area (Å²) in [6.07, 6.45) is 4.78. The van der Waals surface area contributed by atoms with Crippen LogP contribution in [0.2, 0.25) is 0 Å². The molecule has 2 rings (SSSR count). The molecule has 0 bridgehead atoms. The molecule has 3 heteroatoms. The van der Waals surface area contributed by atoms with Crippen molar-refractivity contribution in [2.24, 2.45) is 0 Å². The summed E-state index contributed by atoms with van der Waals surface area (Å²) in [5.41, 5.74) is 3.14. The van der Waals surface area contributed by atoms with Crippen molar-refractivity contribution in [3.05, 3.63) is 34.9 Å². The standard InChI is InChI=1S/C14H16O3/c1-3-9-5-4-6-10-12(17-2)8-7-11(13(9)10)14(15)16/h3,7-8H,4-6H2,1-2H3,(H,15,16)/p-1/b9-3+. The molecule has 0 heterocycles. The van der Waals surface area contributed by atoms with E-state index in [0.29, 0.717) is 0 Å². The number of ether oxygens (including phenoxy) is 1. The first-order valence-corrected chi connectivity index (χ1v) is 5.75. The van der Waals surface area contributed by atoms with Crippen molar-refractivity contribution >= 4 is 11.5 Å². The van der Waals surface area contributed by atoms with Gasteiger partial charge in [0, 0.05) is 11.1 Å². The molecule has 0 unspecified atom stereocenters. The van der Waals surface area contributed by atoms with Gasteiger partial charge in [-0.3, -0.25) is 0 Å². The van der Waals surface area contributed by atoms with E-state index in [2.05, 4.69) is 0 Å². The van der Waals surface area contributed by atoms with Crippen molar-refractivity contribution in [3.63, 3.8) is 0 Å². The van der Waals surface area contributed by atoms with Crippen LogP contribution in [-0.4, -0.2) is 13.1 Å². The molecule has 90 valence electrons. The predicted molar refractivity (Wildman–Crippen MR) is 63.9 cm³/mol.